The number of fused-ring (bicyclic) bond motifs is 1. The average Bonchev–Trinajstić information content (AvgIpc) is 3.79. The van der Waals surface area contributed by atoms with E-state index in [-0.39, 0.29) is 19.3 Å². The summed E-state index contributed by atoms with van der Waals surface area (Å²) in [6.07, 6.45) is 0.976. The van der Waals surface area contributed by atoms with E-state index in [1.54, 1.807) is 58.2 Å². The van der Waals surface area contributed by atoms with E-state index in [2.05, 4.69) is 64.7 Å². The Morgan fingerprint density at radius 2 is 1.00 bits per heavy atom. The molecule has 9 amide bonds. The third-order valence-electron chi connectivity index (χ3n) is 13.3. The van der Waals surface area contributed by atoms with Crippen molar-refractivity contribution in [2.45, 2.75) is 173 Å². The summed E-state index contributed by atoms with van der Waals surface area (Å²) in [7, 11) is 0. The molecular formula is C50H84N13O14+3. The number of nitrogens with two attached hydrogens (primary N) is 1. The van der Waals surface area contributed by atoms with Gasteiger partial charge in [-0.1, -0.05) is 58.7 Å². The molecule has 1 heterocycles. The number of carbonyl (C=O) groups excluding carboxylic acids is 9. The number of amides is 9. The number of benzene rings is 1. The third-order valence-corrected chi connectivity index (χ3v) is 13.3. The van der Waals surface area contributed by atoms with Crippen LogP contribution in [0.5, 0.6) is 0 Å². The number of primary amides is 1. The van der Waals surface area contributed by atoms with Crippen molar-refractivity contribution in [3.63, 3.8) is 0 Å². The molecule has 1 aromatic heterocycles. The Morgan fingerprint density at radius 3 is 1.47 bits per heavy atom. The SMILES string of the molecule is CC[C@H](C)[C@H](NC(=O)[C@H](CCCC[NH3+])NC(=O)[C@H](CC(N)=O)NC(=O)[C@H](Cc1c[nH]c2ccccc12)NC(=O)[C@H](CC(=O)O)NC(=O)[C@@H](NC(=O)[C@H](CCCC[NH3+])NC(=O)[C@@H]([NH3+])[C@@H](C)O)[C@@H](C)CC)C(=O)N[C@@H](C)C(=O)O. The molecule has 0 saturated heterocycles. The quantitative estimate of drug-likeness (QED) is 0.0284. The number of aromatic nitrogens is 1. The van der Waals surface area contributed by atoms with Gasteiger partial charge in [0.2, 0.25) is 47.3 Å². The number of aliphatic hydroxyl groups is 1. The lowest BCUT2D eigenvalue weighted by atomic mass is 9.96. The number of quaternary nitrogens is 3. The number of carboxylic acid groups (broad SMARTS) is 2. The molecule has 77 heavy (non-hydrogen) atoms. The molecule has 0 fully saturated rings. The van der Waals surface area contributed by atoms with Gasteiger partial charge in [-0.05, 0) is 75.8 Å². The van der Waals surface area contributed by atoms with Crippen LogP contribution in [0.25, 0.3) is 10.9 Å². The van der Waals surface area contributed by atoms with Crippen molar-refractivity contribution >= 4 is 76.0 Å². The second-order valence-electron chi connectivity index (χ2n) is 19.5. The van der Waals surface area contributed by atoms with E-state index in [1.807, 2.05) is 0 Å². The van der Waals surface area contributed by atoms with Gasteiger partial charge in [0.05, 0.1) is 25.9 Å². The van der Waals surface area contributed by atoms with Crippen LogP contribution in [0.4, 0.5) is 0 Å². The number of carboxylic acids is 2. The second-order valence-corrected chi connectivity index (χ2v) is 19.5. The Kier molecular flexibility index (Phi) is 28.3. The first-order valence-electron chi connectivity index (χ1n) is 26.1. The predicted molar refractivity (Wildman–Crippen MR) is 277 cm³/mol. The van der Waals surface area contributed by atoms with Crippen LogP contribution >= 0.6 is 0 Å². The molecule has 430 valence electrons. The summed E-state index contributed by atoms with van der Waals surface area (Å²) in [5.41, 5.74) is 17.9. The molecule has 12 atom stereocenters. The fourth-order valence-corrected chi connectivity index (χ4v) is 7.96. The second kappa shape index (κ2) is 33.0. The monoisotopic (exact) mass is 1090 g/mol. The minimum atomic E-state index is -1.89. The molecule has 27 heteroatoms. The number of para-hydroxylation sites is 1. The summed E-state index contributed by atoms with van der Waals surface area (Å²) >= 11 is 0. The van der Waals surface area contributed by atoms with Crippen LogP contribution in [0.15, 0.2) is 30.5 Å². The predicted octanol–water partition coefficient (Wildman–Crippen LogP) is -5.05. The highest BCUT2D eigenvalue weighted by Gasteiger charge is 2.38. The van der Waals surface area contributed by atoms with Crippen molar-refractivity contribution in [3.05, 3.63) is 36.0 Å². The first kappa shape index (κ1) is 65.9. The highest BCUT2D eigenvalue weighted by molar-refractivity contribution is 6.00. The fraction of sp³-hybridized carbons (Fsp3) is 0.620. The van der Waals surface area contributed by atoms with E-state index < -0.39 is 150 Å². The van der Waals surface area contributed by atoms with Crippen molar-refractivity contribution in [2.75, 3.05) is 13.1 Å². The van der Waals surface area contributed by atoms with Gasteiger partial charge in [0.15, 0.2) is 6.04 Å². The lowest BCUT2D eigenvalue weighted by molar-refractivity contribution is -0.419. The zero-order valence-electron chi connectivity index (χ0n) is 45.0. The number of aliphatic hydroxyl groups excluding tert-OH is 1. The first-order valence-corrected chi connectivity index (χ1v) is 26.1. The summed E-state index contributed by atoms with van der Waals surface area (Å²) in [5, 5.41) is 50.0. The molecule has 0 radical (unpaired) electrons. The lowest BCUT2D eigenvalue weighted by Gasteiger charge is -2.29. The number of hydrogen-bond donors (Lipinski definition) is 16. The lowest BCUT2D eigenvalue weighted by Crippen LogP contribution is -2.73. The summed E-state index contributed by atoms with van der Waals surface area (Å²) in [4.78, 5) is 151. The topological polar surface area (TPSA) is 469 Å². The minimum Gasteiger partial charge on any atom is -0.481 e. The molecule has 0 aliphatic heterocycles. The van der Waals surface area contributed by atoms with E-state index in [4.69, 9.17) is 5.73 Å². The van der Waals surface area contributed by atoms with Crippen LogP contribution in [0.2, 0.25) is 0 Å². The van der Waals surface area contributed by atoms with E-state index in [0.29, 0.717) is 68.1 Å². The van der Waals surface area contributed by atoms with Crippen LogP contribution < -0.4 is 65.5 Å². The van der Waals surface area contributed by atoms with E-state index in [9.17, 15) is 68.1 Å². The van der Waals surface area contributed by atoms with Crippen molar-refractivity contribution in [1.29, 1.82) is 0 Å². The van der Waals surface area contributed by atoms with Crippen molar-refractivity contribution < 1.29 is 85.3 Å². The number of aromatic amines is 1. The van der Waals surface area contributed by atoms with Crippen LogP contribution in [0, 0.1) is 11.8 Å². The van der Waals surface area contributed by atoms with Gasteiger partial charge in [0, 0.05) is 23.5 Å². The van der Waals surface area contributed by atoms with Gasteiger partial charge in [0.1, 0.15) is 54.4 Å². The van der Waals surface area contributed by atoms with Crippen molar-refractivity contribution in [3.8, 4) is 0 Å². The zero-order chi connectivity index (χ0) is 58.1. The highest BCUT2D eigenvalue weighted by Crippen LogP contribution is 2.20. The maximum Gasteiger partial charge on any atom is 0.325 e. The van der Waals surface area contributed by atoms with Gasteiger partial charge in [-0.3, -0.25) is 52.7 Å². The molecular weight excluding hydrogens is 1010 g/mol. The summed E-state index contributed by atoms with van der Waals surface area (Å²) in [6.45, 7) is 10.4. The average molecular weight is 1090 g/mol. The minimum absolute atomic E-state index is 0.00279. The van der Waals surface area contributed by atoms with Gasteiger partial charge in [0.25, 0.3) is 5.91 Å². The van der Waals surface area contributed by atoms with E-state index in [0.717, 1.165) is 0 Å². The van der Waals surface area contributed by atoms with Gasteiger partial charge in [-0.25, -0.2) is 0 Å². The van der Waals surface area contributed by atoms with E-state index in [1.165, 1.54) is 13.8 Å². The van der Waals surface area contributed by atoms with Crippen LogP contribution in [-0.4, -0.2) is 159 Å². The van der Waals surface area contributed by atoms with Gasteiger partial charge >= 0.3 is 11.9 Å². The normalized spacial score (nSPS) is 15.9. The summed E-state index contributed by atoms with van der Waals surface area (Å²) in [5.74, 6) is -12.5. The number of unbranched alkanes of at least 4 members (excludes halogenated alkanes) is 2. The molecule has 0 spiro atoms. The Labute approximate surface area is 447 Å². The molecule has 0 unspecified atom stereocenters. The third kappa shape index (κ3) is 21.7. The smallest absolute Gasteiger partial charge is 0.325 e. The van der Waals surface area contributed by atoms with Gasteiger partial charge in [-0.2, -0.15) is 0 Å². The molecule has 0 aliphatic carbocycles. The number of aliphatic carboxylic acids is 2. The molecule has 1 aromatic carbocycles. The van der Waals surface area contributed by atoms with Gasteiger partial charge < -0.3 is 85.8 Å². The van der Waals surface area contributed by atoms with Crippen LogP contribution in [0.3, 0.4) is 0 Å². The molecule has 23 N–H and O–H groups in total. The van der Waals surface area contributed by atoms with Crippen molar-refractivity contribution in [1.82, 2.24) is 47.5 Å². The molecule has 0 saturated carbocycles. The summed E-state index contributed by atoms with van der Waals surface area (Å²) in [6, 6.07) is -6.01. The highest BCUT2D eigenvalue weighted by atomic mass is 16.4. The first-order chi connectivity index (χ1) is 36.3. The number of H-pyrrole nitrogens is 1. The standard InChI is InChI=1S/C50H81N13O14/c1-7-25(3)40(48(74)56-27(5)50(76)77)62-42(68)32(17-11-13-19-51)57-45(71)35(22-37(53)65)60-44(70)34(21-29-24-55-31-16-10-9-15-30(29)31)59-46(72)36(23-38(66)67)61-49(75)41(26(4)8-2)63-43(69)33(18-12-14-20-52)58-47(73)39(54)28(6)64/h9-10,15-16,24-28,32-36,39-41,55,64H,7-8,11-14,17-23,51-52,54H2,1-6H3,(H2,53,65)(H,56,74)(H,57,71)(H,58,73)(H,59,72)(H,60,70)(H,61,75)(H,62,68)(H,63,69)(H,66,67)(H,76,77)/p+3/t25-,26-,27-,28+,32-,33-,34-,35-,36-,39-,40-,41-/m0/s1. The Hall–Kier alpha value is -7.23. The van der Waals surface area contributed by atoms with Gasteiger partial charge in [-0.15, -0.1) is 0 Å². The maximum atomic E-state index is 14.5. The summed E-state index contributed by atoms with van der Waals surface area (Å²) < 4.78 is 0. The van der Waals surface area contributed by atoms with Crippen LogP contribution in [0.1, 0.15) is 111 Å². The number of nitrogens with one attached hydrogen (secondary N) is 9. The Morgan fingerprint density at radius 1 is 0.571 bits per heavy atom. The maximum absolute atomic E-state index is 14.5. The molecule has 27 nitrogen and oxygen atoms in total. The Balaban J connectivity index is 2.58. The zero-order valence-corrected chi connectivity index (χ0v) is 45.0. The molecule has 0 bridgehead atoms. The molecule has 0 aliphatic rings. The largest absolute Gasteiger partial charge is 0.481 e. The fourth-order valence-electron chi connectivity index (χ4n) is 7.96. The molecule has 2 rings (SSSR count). The number of rotatable bonds is 36. The van der Waals surface area contributed by atoms with Crippen LogP contribution in [-0.2, 0) is 59.2 Å². The Bertz CT molecular complexity index is 2350. The number of carbonyl (C=O) groups is 11. The molecule has 2 aromatic rings. The van der Waals surface area contributed by atoms with Crippen molar-refractivity contribution in [2.24, 2.45) is 17.6 Å². The van der Waals surface area contributed by atoms with E-state index >= 15 is 0 Å². The number of hydrogen-bond acceptors (Lipinski definition) is 12.